The van der Waals surface area contributed by atoms with Crippen molar-refractivity contribution in [2.45, 2.75) is 18.9 Å². The van der Waals surface area contributed by atoms with Crippen molar-refractivity contribution in [1.82, 2.24) is 14.8 Å². The van der Waals surface area contributed by atoms with E-state index in [4.69, 9.17) is 4.99 Å². The third-order valence-electron chi connectivity index (χ3n) is 4.96. The number of hydrogen-bond donors (Lipinski definition) is 1. The minimum absolute atomic E-state index is 0.157. The number of aliphatic imine (C=N–C) groups is 1. The topological polar surface area (TPSA) is 52.0 Å². The first-order valence-electron chi connectivity index (χ1n) is 9.31. The molecule has 3 heterocycles. The Morgan fingerprint density at radius 1 is 1.11 bits per heavy atom. The normalized spacial score (nSPS) is 19.4. The van der Waals surface area contributed by atoms with Crippen molar-refractivity contribution < 1.29 is 9.50 Å². The van der Waals surface area contributed by atoms with Crippen LogP contribution in [0.2, 0.25) is 0 Å². The molecule has 0 amide bonds. The van der Waals surface area contributed by atoms with Gasteiger partial charge >= 0.3 is 0 Å². The number of pyridine rings is 1. The monoisotopic (exact) mass is 366 g/mol. The molecule has 6 heteroatoms. The van der Waals surface area contributed by atoms with Crippen LogP contribution in [0.3, 0.4) is 0 Å². The predicted octanol–water partition coefficient (Wildman–Crippen LogP) is 2.54. The predicted molar refractivity (Wildman–Crippen MR) is 104 cm³/mol. The highest BCUT2D eigenvalue weighted by Crippen LogP contribution is 2.23. The maximum absolute atomic E-state index is 13.8. The van der Waals surface area contributed by atoms with E-state index >= 15 is 0 Å². The molecule has 1 unspecified atom stereocenters. The van der Waals surface area contributed by atoms with Crippen LogP contribution in [0.15, 0.2) is 59.9 Å². The molecule has 0 bridgehead atoms. The summed E-state index contributed by atoms with van der Waals surface area (Å²) in [6, 6.07) is 10.8. The highest BCUT2D eigenvalue weighted by molar-refractivity contribution is 5.89. The first-order chi connectivity index (χ1) is 13.2. The first-order valence-corrected chi connectivity index (χ1v) is 9.31. The summed E-state index contributed by atoms with van der Waals surface area (Å²) in [4.78, 5) is 13.1. The number of aliphatic hydroxyl groups is 1. The standard InChI is InChI=1S/C21H23FN4O/c22-19-6-2-1-4-16(19)5-3-12-25-14-18(27)15-26-13-9-20(24-21(25)26)17-7-10-23-11-8-17/h1-2,4,6-11,18,27H,3,5,12-15H2. The van der Waals surface area contributed by atoms with Gasteiger partial charge in [0.25, 0.3) is 0 Å². The maximum Gasteiger partial charge on any atom is 0.202 e. The second kappa shape index (κ2) is 7.88. The number of rotatable bonds is 5. The number of fused-ring (bicyclic) bond motifs is 1. The van der Waals surface area contributed by atoms with Gasteiger partial charge in [-0.2, -0.15) is 0 Å². The number of aliphatic hydroxyl groups excluding tert-OH is 1. The van der Waals surface area contributed by atoms with E-state index in [0.717, 1.165) is 42.3 Å². The largest absolute Gasteiger partial charge is 0.389 e. The second-order valence-electron chi connectivity index (χ2n) is 6.94. The average molecular weight is 366 g/mol. The summed E-state index contributed by atoms with van der Waals surface area (Å²) in [5.74, 6) is 0.735. The lowest BCUT2D eigenvalue weighted by molar-refractivity contribution is 0.0831. The van der Waals surface area contributed by atoms with Crippen LogP contribution in [0.25, 0.3) is 5.70 Å². The molecule has 0 radical (unpaired) electrons. The Kier molecular flexibility index (Phi) is 5.16. The van der Waals surface area contributed by atoms with Gasteiger partial charge in [-0.25, -0.2) is 9.38 Å². The van der Waals surface area contributed by atoms with Gasteiger partial charge in [-0.3, -0.25) is 4.98 Å². The Morgan fingerprint density at radius 2 is 1.93 bits per heavy atom. The molecule has 1 fully saturated rings. The highest BCUT2D eigenvalue weighted by atomic mass is 19.1. The molecule has 2 aliphatic rings. The third-order valence-corrected chi connectivity index (χ3v) is 4.96. The summed E-state index contributed by atoms with van der Waals surface area (Å²) >= 11 is 0. The fourth-order valence-electron chi connectivity index (χ4n) is 3.64. The van der Waals surface area contributed by atoms with E-state index in [0.29, 0.717) is 19.5 Å². The molecule has 0 saturated carbocycles. The fourth-order valence-corrected chi connectivity index (χ4v) is 3.64. The molecule has 2 aliphatic heterocycles. The molecule has 1 aromatic heterocycles. The number of nitrogens with zero attached hydrogens (tertiary/aromatic N) is 4. The van der Waals surface area contributed by atoms with Crippen molar-refractivity contribution in [2.75, 3.05) is 26.2 Å². The lowest BCUT2D eigenvalue weighted by Gasteiger charge is -2.42. The molecule has 0 spiro atoms. The minimum Gasteiger partial charge on any atom is -0.389 e. The number of aryl methyl sites for hydroxylation is 1. The summed E-state index contributed by atoms with van der Waals surface area (Å²) in [6.45, 7) is 2.58. The van der Waals surface area contributed by atoms with E-state index in [1.165, 1.54) is 6.07 Å². The van der Waals surface area contributed by atoms with Gasteiger partial charge in [-0.15, -0.1) is 0 Å². The van der Waals surface area contributed by atoms with Gasteiger partial charge in [0.2, 0.25) is 5.96 Å². The van der Waals surface area contributed by atoms with Crippen LogP contribution < -0.4 is 0 Å². The molecule has 1 atom stereocenters. The Balaban J connectivity index is 1.48. The van der Waals surface area contributed by atoms with Crippen LogP contribution in [-0.2, 0) is 6.42 Å². The van der Waals surface area contributed by atoms with Gasteiger partial charge in [0.1, 0.15) is 5.82 Å². The number of halogens is 1. The summed E-state index contributed by atoms with van der Waals surface area (Å²) < 4.78 is 13.8. The zero-order valence-electron chi connectivity index (χ0n) is 15.1. The number of β-amino-alcohol motifs (C(OH)–C–C–N with tert-alkyl or cyclic N) is 1. The molecule has 4 rings (SSSR count). The van der Waals surface area contributed by atoms with Crippen LogP contribution in [0, 0.1) is 5.82 Å². The van der Waals surface area contributed by atoms with E-state index in [1.54, 1.807) is 18.5 Å². The van der Waals surface area contributed by atoms with Crippen molar-refractivity contribution in [3.05, 3.63) is 71.8 Å². The lowest BCUT2D eigenvalue weighted by atomic mass is 10.1. The molecular formula is C21H23FN4O. The van der Waals surface area contributed by atoms with E-state index in [9.17, 15) is 9.50 Å². The summed E-state index contributed by atoms with van der Waals surface area (Å²) in [5.41, 5.74) is 2.70. The number of hydrogen-bond acceptors (Lipinski definition) is 5. The van der Waals surface area contributed by atoms with Gasteiger partial charge in [-0.1, -0.05) is 18.2 Å². The SMILES string of the molecule is OC1CN2CC=C(c3ccncc3)N=C2N(CCCc2ccccc2F)C1. The number of guanidine groups is 1. The van der Waals surface area contributed by atoms with Crippen LogP contribution in [-0.4, -0.2) is 58.1 Å². The van der Waals surface area contributed by atoms with E-state index in [2.05, 4.69) is 20.9 Å². The van der Waals surface area contributed by atoms with Crippen molar-refractivity contribution >= 4 is 11.7 Å². The Labute approximate surface area is 158 Å². The summed E-state index contributed by atoms with van der Waals surface area (Å²) in [5, 5.41) is 10.2. The molecule has 1 saturated heterocycles. The van der Waals surface area contributed by atoms with Crippen molar-refractivity contribution in [3.8, 4) is 0 Å². The second-order valence-corrected chi connectivity index (χ2v) is 6.94. The highest BCUT2D eigenvalue weighted by Gasteiger charge is 2.30. The smallest absolute Gasteiger partial charge is 0.202 e. The zero-order chi connectivity index (χ0) is 18.6. The Hall–Kier alpha value is -2.73. The van der Waals surface area contributed by atoms with E-state index < -0.39 is 6.10 Å². The molecule has 1 aromatic carbocycles. The van der Waals surface area contributed by atoms with E-state index in [1.807, 2.05) is 24.3 Å². The van der Waals surface area contributed by atoms with Crippen molar-refractivity contribution in [2.24, 2.45) is 4.99 Å². The lowest BCUT2D eigenvalue weighted by Crippen LogP contribution is -2.57. The Bertz CT molecular complexity index is 852. The van der Waals surface area contributed by atoms with Gasteiger partial charge in [0, 0.05) is 44.1 Å². The molecule has 140 valence electrons. The van der Waals surface area contributed by atoms with Gasteiger partial charge < -0.3 is 14.9 Å². The molecule has 5 nitrogen and oxygen atoms in total. The molecule has 1 N–H and O–H groups in total. The number of benzene rings is 1. The quantitative estimate of drug-likeness (QED) is 0.884. The Morgan fingerprint density at radius 3 is 2.74 bits per heavy atom. The molecular weight excluding hydrogens is 343 g/mol. The van der Waals surface area contributed by atoms with Gasteiger partial charge in [0.05, 0.1) is 11.8 Å². The van der Waals surface area contributed by atoms with Crippen LogP contribution >= 0.6 is 0 Å². The van der Waals surface area contributed by atoms with Crippen LogP contribution in [0.1, 0.15) is 17.5 Å². The van der Waals surface area contributed by atoms with E-state index in [-0.39, 0.29) is 5.82 Å². The van der Waals surface area contributed by atoms with Gasteiger partial charge in [0.15, 0.2) is 0 Å². The zero-order valence-corrected chi connectivity index (χ0v) is 15.1. The number of aromatic nitrogens is 1. The van der Waals surface area contributed by atoms with Crippen LogP contribution in [0.5, 0.6) is 0 Å². The third kappa shape index (κ3) is 4.01. The average Bonchev–Trinajstić information content (AvgIpc) is 2.70. The van der Waals surface area contributed by atoms with Crippen molar-refractivity contribution in [3.63, 3.8) is 0 Å². The molecule has 2 aromatic rings. The minimum atomic E-state index is -0.409. The van der Waals surface area contributed by atoms with Gasteiger partial charge in [-0.05, 0) is 42.7 Å². The van der Waals surface area contributed by atoms with Crippen molar-refractivity contribution in [1.29, 1.82) is 0 Å². The molecule has 27 heavy (non-hydrogen) atoms. The fraction of sp³-hybridized carbons (Fsp3) is 0.333. The van der Waals surface area contributed by atoms with Crippen LogP contribution in [0.4, 0.5) is 4.39 Å². The summed E-state index contributed by atoms with van der Waals surface area (Å²) in [7, 11) is 0. The maximum atomic E-state index is 13.8. The summed E-state index contributed by atoms with van der Waals surface area (Å²) in [6.07, 6.45) is 6.66. The molecule has 0 aliphatic carbocycles. The first kappa shape index (κ1) is 17.7.